The van der Waals surface area contributed by atoms with Crippen LogP contribution in [0.2, 0.25) is 0 Å². The fourth-order valence-electron chi connectivity index (χ4n) is 2.98. The van der Waals surface area contributed by atoms with Gasteiger partial charge in [0.25, 0.3) is 11.6 Å². The maximum Gasteiger partial charge on any atom is 0.338 e. The summed E-state index contributed by atoms with van der Waals surface area (Å²) in [5.74, 6) is -1.48. The fourth-order valence-corrected chi connectivity index (χ4v) is 2.98. The van der Waals surface area contributed by atoms with Crippen molar-refractivity contribution in [3.8, 4) is 0 Å². The summed E-state index contributed by atoms with van der Waals surface area (Å²) >= 11 is 0. The van der Waals surface area contributed by atoms with Crippen molar-refractivity contribution in [2.24, 2.45) is 0 Å². The number of ether oxygens (including phenoxy) is 1. The summed E-state index contributed by atoms with van der Waals surface area (Å²) in [4.78, 5) is 47.2. The van der Waals surface area contributed by atoms with Crippen LogP contribution in [0.3, 0.4) is 0 Å². The first kappa shape index (κ1) is 22.4. The number of nitrogens with zero attached hydrogens (tertiary/aromatic N) is 1. The third-order valence-electron chi connectivity index (χ3n) is 4.73. The molecular formula is C24H20N2O6. The molecule has 0 bridgehead atoms. The van der Waals surface area contributed by atoms with Crippen LogP contribution in [0.25, 0.3) is 0 Å². The van der Waals surface area contributed by atoms with E-state index >= 15 is 0 Å². The van der Waals surface area contributed by atoms with Gasteiger partial charge in [-0.25, -0.2) is 4.79 Å². The molecule has 3 aromatic carbocycles. The summed E-state index contributed by atoms with van der Waals surface area (Å²) in [6.07, 6.45) is 0. The molecule has 0 unspecified atom stereocenters. The highest BCUT2D eigenvalue weighted by atomic mass is 16.6. The van der Waals surface area contributed by atoms with Gasteiger partial charge in [-0.3, -0.25) is 19.7 Å². The smallest absolute Gasteiger partial charge is 0.338 e. The highest BCUT2D eigenvalue weighted by Gasteiger charge is 2.15. The minimum absolute atomic E-state index is 0.132. The zero-order chi connectivity index (χ0) is 23.3. The Bertz CT molecular complexity index is 1200. The lowest BCUT2D eigenvalue weighted by atomic mass is 10.0. The summed E-state index contributed by atoms with van der Waals surface area (Å²) in [7, 11) is 0. The van der Waals surface area contributed by atoms with Crippen molar-refractivity contribution in [3.05, 3.63) is 105 Å². The average Bonchev–Trinajstić information content (AvgIpc) is 2.79. The van der Waals surface area contributed by atoms with Crippen molar-refractivity contribution in [2.75, 3.05) is 11.9 Å². The van der Waals surface area contributed by atoms with Crippen LogP contribution in [0.15, 0.2) is 66.7 Å². The normalized spacial score (nSPS) is 10.3. The van der Waals surface area contributed by atoms with E-state index in [1.807, 2.05) is 26.0 Å². The molecule has 32 heavy (non-hydrogen) atoms. The zero-order valence-electron chi connectivity index (χ0n) is 17.5. The maximum atomic E-state index is 12.4. The third kappa shape index (κ3) is 5.42. The summed E-state index contributed by atoms with van der Waals surface area (Å²) in [6, 6.07) is 16.7. The van der Waals surface area contributed by atoms with Gasteiger partial charge in [-0.05, 0) is 55.8 Å². The zero-order valence-corrected chi connectivity index (χ0v) is 17.5. The van der Waals surface area contributed by atoms with Crippen LogP contribution in [-0.2, 0) is 4.74 Å². The molecular weight excluding hydrogens is 412 g/mol. The number of nitro benzene ring substituents is 1. The van der Waals surface area contributed by atoms with E-state index in [9.17, 15) is 24.5 Å². The van der Waals surface area contributed by atoms with Gasteiger partial charge in [0.2, 0.25) is 5.78 Å². The summed E-state index contributed by atoms with van der Waals surface area (Å²) in [6.45, 7) is 3.31. The van der Waals surface area contributed by atoms with Gasteiger partial charge in [0, 0.05) is 28.9 Å². The van der Waals surface area contributed by atoms with Gasteiger partial charge < -0.3 is 10.1 Å². The number of carbonyl (C=O) groups is 3. The largest absolute Gasteiger partial charge is 0.454 e. The Morgan fingerprint density at radius 1 is 0.938 bits per heavy atom. The standard InChI is InChI=1S/C24H20N2O6/c1-15-6-7-16(2)21(12-15)22(27)14-32-24(29)17-8-10-19(11-9-17)25-23(28)18-4-3-5-20(13-18)26(30)31/h3-13H,14H2,1-2H3,(H,25,28). The molecule has 0 atom stereocenters. The van der Waals surface area contributed by atoms with E-state index in [4.69, 9.17) is 4.74 Å². The molecule has 162 valence electrons. The summed E-state index contributed by atoms with van der Waals surface area (Å²) in [5, 5.41) is 13.5. The molecule has 0 aromatic heterocycles. The van der Waals surface area contributed by atoms with Crippen LogP contribution in [0.5, 0.6) is 0 Å². The number of aryl methyl sites for hydroxylation is 2. The van der Waals surface area contributed by atoms with E-state index in [0.717, 1.165) is 11.1 Å². The quantitative estimate of drug-likeness (QED) is 0.254. The molecule has 0 aliphatic heterocycles. The Hall–Kier alpha value is -4.33. The van der Waals surface area contributed by atoms with Gasteiger partial charge >= 0.3 is 5.97 Å². The minimum Gasteiger partial charge on any atom is -0.454 e. The highest BCUT2D eigenvalue weighted by Crippen LogP contribution is 2.17. The van der Waals surface area contributed by atoms with E-state index < -0.39 is 16.8 Å². The average molecular weight is 432 g/mol. The Morgan fingerprint density at radius 2 is 1.66 bits per heavy atom. The number of rotatable bonds is 7. The molecule has 8 heteroatoms. The summed E-state index contributed by atoms with van der Waals surface area (Å²) in [5.41, 5.74) is 2.81. The molecule has 3 aromatic rings. The molecule has 0 fully saturated rings. The fraction of sp³-hybridized carbons (Fsp3) is 0.125. The number of Topliss-reactive ketones (excluding diaryl/α,β-unsaturated/α-hetero) is 1. The molecule has 1 N–H and O–H groups in total. The van der Waals surface area contributed by atoms with Crippen LogP contribution in [0.4, 0.5) is 11.4 Å². The lowest BCUT2D eigenvalue weighted by Gasteiger charge is -2.09. The van der Waals surface area contributed by atoms with E-state index in [-0.39, 0.29) is 29.2 Å². The molecule has 0 radical (unpaired) electrons. The Balaban J connectivity index is 1.60. The Morgan fingerprint density at radius 3 is 2.34 bits per heavy atom. The number of esters is 1. The number of hydrogen-bond acceptors (Lipinski definition) is 6. The summed E-state index contributed by atoms with van der Waals surface area (Å²) < 4.78 is 5.13. The van der Waals surface area contributed by atoms with Crippen LogP contribution in [-0.4, -0.2) is 29.2 Å². The van der Waals surface area contributed by atoms with E-state index in [1.165, 1.54) is 48.5 Å². The number of non-ortho nitro benzene ring substituents is 1. The predicted molar refractivity (Wildman–Crippen MR) is 118 cm³/mol. The number of ketones is 1. The van der Waals surface area contributed by atoms with Crippen molar-refractivity contribution in [1.29, 1.82) is 0 Å². The van der Waals surface area contributed by atoms with Gasteiger partial charge in [-0.15, -0.1) is 0 Å². The van der Waals surface area contributed by atoms with Crippen molar-refractivity contribution in [3.63, 3.8) is 0 Å². The van der Waals surface area contributed by atoms with E-state index in [0.29, 0.717) is 11.3 Å². The van der Waals surface area contributed by atoms with Crippen LogP contribution >= 0.6 is 0 Å². The molecule has 0 aliphatic carbocycles. The number of hydrogen-bond donors (Lipinski definition) is 1. The molecule has 0 heterocycles. The second kappa shape index (κ2) is 9.65. The Kier molecular flexibility index (Phi) is 6.74. The number of anilines is 1. The monoisotopic (exact) mass is 432 g/mol. The van der Waals surface area contributed by atoms with Crippen molar-refractivity contribution in [1.82, 2.24) is 0 Å². The van der Waals surface area contributed by atoms with Gasteiger partial charge in [-0.2, -0.15) is 0 Å². The van der Waals surface area contributed by atoms with E-state index in [1.54, 1.807) is 6.07 Å². The first-order chi connectivity index (χ1) is 15.2. The number of nitro groups is 1. The molecule has 3 rings (SSSR count). The lowest BCUT2D eigenvalue weighted by molar-refractivity contribution is -0.384. The second-order valence-electron chi connectivity index (χ2n) is 7.16. The number of benzene rings is 3. The van der Waals surface area contributed by atoms with Crippen LogP contribution in [0, 0.1) is 24.0 Å². The van der Waals surface area contributed by atoms with E-state index in [2.05, 4.69) is 5.32 Å². The van der Waals surface area contributed by atoms with Crippen LogP contribution in [0.1, 0.15) is 42.2 Å². The van der Waals surface area contributed by atoms with Crippen molar-refractivity contribution >= 4 is 29.0 Å². The number of nitrogens with one attached hydrogen (secondary N) is 1. The topological polar surface area (TPSA) is 116 Å². The minimum atomic E-state index is -0.666. The molecule has 1 amide bonds. The maximum absolute atomic E-state index is 12.4. The predicted octanol–water partition coefficient (Wildman–Crippen LogP) is 4.50. The van der Waals surface area contributed by atoms with Gasteiger partial charge in [-0.1, -0.05) is 23.8 Å². The SMILES string of the molecule is Cc1ccc(C)c(C(=O)COC(=O)c2ccc(NC(=O)c3cccc([N+](=O)[O-])c3)cc2)c1. The highest BCUT2D eigenvalue weighted by molar-refractivity contribution is 6.05. The molecule has 8 nitrogen and oxygen atoms in total. The molecule has 0 aliphatic rings. The molecule has 0 spiro atoms. The second-order valence-corrected chi connectivity index (χ2v) is 7.16. The van der Waals surface area contributed by atoms with Gasteiger partial charge in [0.15, 0.2) is 6.61 Å². The van der Waals surface area contributed by atoms with Crippen molar-refractivity contribution < 1.29 is 24.0 Å². The molecule has 0 saturated heterocycles. The Labute approximate surface area is 184 Å². The molecule has 0 saturated carbocycles. The third-order valence-corrected chi connectivity index (χ3v) is 4.73. The van der Waals surface area contributed by atoms with Gasteiger partial charge in [0.05, 0.1) is 10.5 Å². The number of amides is 1. The van der Waals surface area contributed by atoms with Gasteiger partial charge in [0.1, 0.15) is 0 Å². The van der Waals surface area contributed by atoms with Crippen LogP contribution < -0.4 is 5.32 Å². The lowest BCUT2D eigenvalue weighted by Crippen LogP contribution is -2.15. The van der Waals surface area contributed by atoms with Crippen molar-refractivity contribution in [2.45, 2.75) is 13.8 Å². The number of carbonyl (C=O) groups excluding carboxylic acids is 3. The first-order valence-electron chi connectivity index (χ1n) is 9.68. The first-order valence-corrected chi connectivity index (χ1v) is 9.68.